The van der Waals surface area contributed by atoms with Crippen LogP contribution in [-0.2, 0) is 0 Å². The quantitative estimate of drug-likeness (QED) is 0.0409. The molecule has 0 bridgehead atoms. The van der Waals surface area contributed by atoms with E-state index in [2.05, 4.69) is 43.9 Å². The van der Waals surface area contributed by atoms with Crippen LogP contribution < -0.4 is 14.2 Å². The SMILES string of the molecule is CCCCCCCCCCCCCCCCCCOc1ccc(C=NCCN(CCN=Cc2ccc(OCCCCCCCCCCCCCCCCCC)c(C)n2)CCN=Cc2ccc(OCCCCCCCCCCCCCCCCCC)c(C)n2)nc1C. The number of aryl methyl sites for hydroxylation is 3. The first-order chi connectivity index (χ1) is 44.9. The number of ether oxygens (including phenoxy) is 3. The van der Waals surface area contributed by atoms with Crippen molar-refractivity contribution in [1.29, 1.82) is 0 Å². The molecule has 3 aromatic rings. The van der Waals surface area contributed by atoms with E-state index in [1.54, 1.807) is 0 Å². The lowest BCUT2D eigenvalue weighted by molar-refractivity contribution is 0.298. The van der Waals surface area contributed by atoms with E-state index in [1.807, 2.05) is 57.6 Å². The number of pyridine rings is 3. The maximum absolute atomic E-state index is 6.18. The molecular weight excluding hydrogens is 1120 g/mol. The number of unbranched alkanes of at least 4 members (excludes halogenated alkanes) is 45. The second kappa shape index (κ2) is 60.7. The molecule has 518 valence electrons. The van der Waals surface area contributed by atoms with Gasteiger partial charge in [-0.1, -0.05) is 310 Å². The Bertz CT molecular complexity index is 1960. The zero-order valence-electron chi connectivity index (χ0n) is 60.4. The van der Waals surface area contributed by atoms with Gasteiger partial charge in [-0.15, -0.1) is 0 Å². The summed E-state index contributed by atoms with van der Waals surface area (Å²) in [6.45, 7) is 19.5. The molecule has 0 aliphatic heterocycles. The molecule has 0 fully saturated rings. The van der Waals surface area contributed by atoms with Crippen molar-refractivity contribution >= 4 is 18.6 Å². The molecular formula is C81H141N7O3. The highest BCUT2D eigenvalue weighted by atomic mass is 16.5. The van der Waals surface area contributed by atoms with Gasteiger partial charge in [0.2, 0.25) is 0 Å². The van der Waals surface area contributed by atoms with Gasteiger partial charge >= 0.3 is 0 Å². The van der Waals surface area contributed by atoms with E-state index in [4.69, 9.17) is 44.1 Å². The van der Waals surface area contributed by atoms with Crippen LogP contribution in [-0.4, -0.2) is 97.6 Å². The molecule has 0 unspecified atom stereocenters. The molecule has 0 spiro atoms. The molecule has 10 heteroatoms. The molecule has 0 saturated carbocycles. The van der Waals surface area contributed by atoms with Gasteiger partial charge in [-0.2, -0.15) is 0 Å². The summed E-state index contributed by atoms with van der Waals surface area (Å²) >= 11 is 0. The summed E-state index contributed by atoms with van der Waals surface area (Å²) in [7, 11) is 0. The van der Waals surface area contributed by atoms with Crippen molar-refractivity contribution in [3.8, 4) is 17.2 Å². The van der Waals surface area contributed by atoms with Crippen molar-refractivity contribution in [3.05, 3.63) is 70.6 Å². The molecule has 3 heterocycles. The fourth-order valence-corrected chi connectivity index (χ4v) is 12.3. The molecule has 0 amide bonds. The van der Waals surface area contributed by atoms with Gasteiger partial charge in [0.25, 0.3) is 0 Å². The summed E-state index contributed by atoms with van der Waals surface area (Å²) in [6, 6.07) is 12.2. The van der Waals surface area contributed by atoms with Gasteiger partial charge in [0.1, 0.15) is 17.2 Å². The Morgan fingerprint density at radius 3 is 0.648 bits per heavy atom. The molecule has 10 nitrogen and oxygen atoms in total. The number of hydrogen-bond acceptors (Lipinski definition) is 10. The molecule has 0 N–H and O–H groups in total. The third-order valence-electron chi connectivity index (χ3n) is 18.2. The largest absolute Gasteiger partial charge is 0.492 e. The van der Waals surface area contributed by atoms with Crippen LogP contribution >= 0.6 is 0 Å². The fraction of sp³-hybridized carbons (Fsp3) is 0.778. The molecule has 0 aliphatic carbocycles. The Morgan fingerprint density at radius 2 is 0.462 bits per heavy atom. The highest BCUT2D eigenvalue weighted by molar-refractivity contribution is 5.78. The molecule has 91 heavy (non-hydrogen) atoms. The van der Waals surface area contributed by atoms with Gasteiger partial charge in [-0.3, -0.25) is 19.9 Å². The third kappa shape index (κ3) is 47.4. The van der Waals surface area contributed by atoms with E-state index in [0.29, 0.717) is 19.6 Å². The minimum atomic E-state index is 0.648. The maximum Gasteiger partial charge on any atom is 0.140 e. The first-order valence-corrected chi connectivity index (χ1v) is 39.0. The lowest BCUT2D eigenvalue weighted by atomic mass is 10.0. The Kier molecular flexibility index (Phi) is 54.1. The van der Waals surface area contributed by atoms with Gasteiger partial charge in [-0.25, -0.2) is 15.0 Å². The van der Waals surface area contributed by atoms with Crippen molar-refractivity contribution in [3.63, 3.8) is 0 Å². The van der Waals surface area contributed by atoms with Crippen LogP contribution in [0.15, 0.2) is 51.4 Å². The van der Waals surface area contributed by atoms with E-state index in [9.17, 15) is 0 Å². The fourth-order valence-electron chi connectivity index (χ4n) is 12.3. The van der Waals surface area contributed by atoms with Gasteiger partial charge in [0, 0.05) is 38.3 Å². The molecule has 0 aromatic carbocycles. The summed E-state index contributed by atoms with van der Waals surface area (Å²) in [5, 5.41) is 0. The minimum Gasteiger partial charge on any atom is -0.492 e. The van der Waals surface area contributed by atoms with Crippen LogP contribution in [0.25, 0.3) is 0 Å². The summed E-state index contributed by atoms with van der Waals surface area (Å²) in [4.78, 5) is 31.4. The number of aromatic nitrogens is 3. The number of hydrogen-bond donors (Lipinski definition) is 0. The summed E-state index contributed by atoms with van der Waals surface area (Å²) < 4.78 is 18.6. The van der Waals surface area contributed by atoms with Crippen molar-refractivity contribution in [1.82, 2.24) is 19.9 Å². The minimum absolute atomic E-state index is 0.648. The Balaban J connectivity index is 1.38. The predicted molar refractivity (Wildman–Crippen MR) is 396 cm³/mol. The van der Waals surface area contributed by atoms with Crippen molar-refractivity contribution in [2.45, 2.75) is 350 Å². The zero-order chi connectivity index (χ0) is 64.8. The van der Waals surface area contributed by atoms with Crippen LogP contribution in [0.1, 0.15) is 363 Å². The van der Waals surface area contributed by atoms with E-state index in [0.717, 1.165) is 110 Å². The molecule has 3 aromatic heterocycles. The summed E-state index contributed by atoms with van der Waals surface area (Å²) in [5.74, 6) is 2.61. The first kappa shape index (κ1) is 81.1. The lowest BCUT2D eigenvalue weighted by Gasteiger charge is -2.19. The molecule has 3 rings (SSSR count). The van der Waals surface area contributed by atoms with Crippen LogP contribution in [0.2, 0.25) is 0 Å². The molecule has 0 atom stereocenters. The van der Waals surface area contributed by atoms with Crippen LogP contribution in [0.5, 0.6) is 17.2 Å². The van der Waals surface area contributed by atoms with E-state index in [1.165, 1.54) is 289 Å². The highest BCUT2D eigenvalue weighted by Gasteiger charge is 2.09. The van der Waals surface area contributed by atoms with Gasteiger partial charge in [-0.05, 0) is 76.4 Å². The van der Waals surface area contributed by atoms with Crippen molar-refractivity contribution in [2.24, 2.45) is 15.0 Å². The van der Waals surface area contributed by atoms with E-state index < -0.39 is 0 Å². The van der Waals surface area contributed by atoms with Crippen molar-refractivity contribution < 1.29 is 14.2 Å². The normalized spacial score (nSPS) is 11.9. The standard InChI is InChI=1S/C81H141N7O3/c1-7-10-13-16-19-22-25-28-31-34-37-40-43-46-49-52-67-89-79-58-55-76(85-73(79)4)70-82-61-64-88(65-62-83-71-77-56-59-80(74(5)86-77)90-68-53-50-47-44-41-38-35-32-29-26-23-20-17-14-11-8-2)66-63-84-72-78-57-60-81(75(6)87-78)91-69-54-51-48-45-42-39-36-33-30-27-24-21-18-15-12-9-3/h55-60,70-72H,7-54,61-69H2,1-6H3. The average molecular weight is 1260 g/mol. The average Bonchev–Trinajstić information content (AvgIpc) is 2.59. The monoisotopic (exact) mass is 1260 g/mol. The Hall–Kier alpha value is -4.18. The number of aliphatic imine (C=N–C) groups is 3. The summed E-state index contributed by atoms with van der Waals surface area (Å²) in [5.41, 5.74) is 5.29. The van der Waals surface area contributed by atoms with Crippen LogP contribution in [0, 0.1) is 20.8 Å². The zero-order valence-corrected chi connectivity index (χ0v) is 60.4. The maximum atomic E-state index is 6.18. The molecule has 0 aliphatic rings. The second-order valence-electron chi connectivity index (χ2n) is 26.9. The van der Waals surface area contributed by atoms with Gasteiger partial charge < -0.3 is 14.2 Å². The van der Waals surface area contributed by atoms with Crippen LogP contribution in [0.3, 0.4) is 0 Å². The Morgan fingerprint density at radius 1 is 0.275 bits per heavy atom. The number of nitrogens with zero attached hydrogens (tertiary/aromatic N) is 7. The third-order valence-corrected chi connectivity index (χ3v) is 18.2. The summed E-state index contributed by atoms with van der Waals surface area (Å²) in [6.07, 6.45) is 71.4. The van der Waals surface area contributed by atoms with E-state index in [-0.39, 0.29) is 0 Å². The highest BCUT2D eigenvalue weighted by Crippen LogP contribution is 2.22. The van der Waals surface area contributed by atoms with Crippen LogP contribution in [0.4, 0.5) is 0 Å². The second-order valence-corrected chi connectivity index (χ2v) is 26.9. The number of rotatable bonds is 66. The lowest BCUT2D eigenvalue weighted by Crippen LogP contribution is -2.31. The topological polar surface area (TPSA) is 107 Å². The van der Waals surface area contributed by atoms with Gasteiger partial charge in [0.15, 0.2) is 0 Å². The van der Waals surface area contributed by atoms with E-state index >= 15 is 0 Å². The smallest absolute Gasteiger partial charge is 0.140 e. The predicted octanol–water partition coefficient (Wildman–Crippen LogP) is 23.7. The Labute approximate surface area is 561 Å². The molecule has 0 radical (unpaired) electrons. The van der Waals surface area contributed by atoms with Crippen molar-refractivity contribution in [2.75, 3.05) is 59.1 Å². The first-order valence-electron chi connectivity index (χ1n) is 39.0. The molecule has 0 saturated heterocycles. The van der Waals surface area contributed by atoms with Gasteiger partial charge in [0.05, 0.1) is 73.6 Å².